The molecule has 23 heavy (non-hydrogen) atoms. The zero-order valence-corrected chi connectivity index (χ0v) is 14.6. The quantitative estimate of drug-likeness (QED) is 0.936. The second kappa shape index (κ2) is 6.66. The van der Waals surface area contributed by atoms with Gasteiger partial charge in [0.05, 0.1) is 4.88 Å². The Morgan fingerprint density at radius 3 is 2.87 bits per heavy atom. The summed E-state index contributed by atoms with van der Waals surface area (Å²) in [6.45, 7) is 2.80. The second-order valence-electron chi connectivity index (χ2n) is 6.23. The molecule has 0 aromatic carbocycles. The van der Waals surface area contributed by atoms with Gasteiger partial charge in [-0.2, -0.15) is 0 Å². The van der Waals surface area contributed by atoms with Crippen LogP contribution in [0.2, 0.25) is 0 Å². The molecule has 0 saturated carbocycles. The molecule has 1 aliphatic carbocycles. The third-order valence-electron chi connectivity index (χ3n) is 4.24. The highest BCUT2D eigenvalue weighted by atomic mass is 32.1. The number of aromatic nitrogens is 2. The van der Waals surface area contributed by atoms with Gasteiger partial charge in [-0.25, -0.2) is 9.97 Å². The minimum Gasteiger partial charge on any atom is -0.357 e. The maximum Gasteiger partial charge on any atom is 0.263 e. The number of thiophene rings is 1. The minimum absolute atomic E-state index is 0.0785. The van der Waals surface area contributed by atoms with E-state index in [0.717, 1.165) is 29.2 Å². The highest BCUT2D eigenvalue weighted by Gasteiger charge is 2.22. The van der Waals surface area contributed by atoms with Crippen molar-refractivity contribution in [2.24, 2.45) is 5.92 Å². The summed E-state index contributed by atoms with van der Waals surface area (Å²) in [5, 5.41) is 2.89. The van der Waals surface area contributed by atoms with E-state index < -0.39 is 0 Å². The van der Waals surface area contributed by atoms with E-state index in [-0.39, 0.29) is 5.91 Å². The van der Waals surface area contributed by atoms with E-state index in [1.807, 2.05) is 7.05 Å². The van der Waals surface area contributed by atoms with E-state index in [4.69, 9.17) is 0 Å². The van der Waals surface area contributed by atoms with Crippen LogP contribution in [0.15, 0.2) is 18.5 Å². The van der Waals surface area contributed by atoms with Gasteiger partial charge >= 0.3 is 0 Å². The van der Waals surface area contributed by atoms with Crippen LogP contribution >= 0.6 is 11.3 Å². The fraction of sp³-hybridized carbons (Fsp3) is 0.471. The molecule has 0 fully saturated rings. The molecule has 0 spiro atoms. The third-order valence-corrected chi connectivity index (χ3v) is 5.46. The van der Waals surface area contributed by atoms with Crippen LogP contribution < -0.4 is 5.32 Å². The smallest absolute Gasteiger partial charge is 0.263 e. The van der Waals surface area contributed by atoms with Crippen LogP contribution in [-0.4, -0.2) is 34.9 Å². The van der Waals surface area contributed by atoms with Crippen LogP contribution in [0, 0.1) is 5.92 Å². The highest BCUT2D eigenvalue weighted by molar-refractivity contribution is 7.14. The zero-order valence-electron chi connectivity index (χ0n) is 13.8. The fourth-order valence-electron chi connectivity index (χ4n) is 2.91. The monoisotopic (exact) mass is 330 g/mol. The Labute approximate surface area is 140 Å². The van der Waals surface area contributed by atoms with E-state index in [9.17, 15) is 4.79 Å². The standard InChI is InChI=1S/C17H22N4OS/c1-11-4-5-14-13(6-11)7-15(23-14)16(22)21(3)10-12-8-19-17(18-2)20-9-12/h7-9,11H,4-6,10H2,1-3H3,(H,18,19,20). The number of amides is 1. The molecule has 122 valence electrons. The summed E-state index contributed by atoms with van der Waals surface area (Å²) < 4.78 is 0. The first kappa shape index (κ1) is 15.9. The van der Waals surface area contributed by atoms with Crippen LogP contribution in [0.1, 0.15) is 39.0 Å². The first-order valence-electron chi connectivity index (χ1n) is 7.92. The number of nitrogens with one attached hydrogen (secondary N) is 1. The molecule has 2 aromatic heterocycles. The average molecular weight is 330 g/mol. The number of hydrogen-bond donors (Lipinski definition) is 1. The number of fused-ring (bicyclic) bond motifs is 1. The Hall–Kier alpha value is -1.95. The molecule has 6 heteroatoms. The molecule has 1 amide bonds. The van der Waals surface area contributed by atoms with Gasteiger partial charge in [0, 0.05) is 43.5 Å². The normalized spacial score (nSPS) is 16.7. The van der Waals surface area contributed by atoms with Crippen molar-refractivity contribution in [1.29, 1.82) is 0 Å². The van der Waals surface area contributed by atoms with Gasteiger partial charge in [0.15, 0.2) is 0 Å². The minimum atomic E-state index is 0.0785. The Bertz CT molecular complexity index is 695. The summed E-state index contributed by atoms with van der Waals surface area (Å²) in [4.78, 5) is 25.0. The van der Waals surface area contributed by atoms with Crippen molar-refractivity contribution in [1.82, 2.24) is 14.9 Å². The van der Waals surface area contributed by atoms with E-state index in [2.05, 4.69) is 28.3 Å². The predicted octanol–water partition coefficient (Wildman–Crippen LogP) is 2.98. The average Bonchev–Trinajstić information content (AvgIpc) is 2.97. The number of nitrogens with zero attached hydrogens (tertiary/aromatic N) is 3. The number of rotatable bonds is 4. The third kappa shape index (κ3) is 3.52. The van der Waals surface area contributed by atoms with Gasteiger partial charge in [-0.15, -0.1) is 11.3 Å². The van der Waals surface area contributed by atoms with Crippen molar-refractivity contribution in [2.45, 2.75) is 32.7 Å². The zero-order chi connectivity index (χ0) is 16.4. The Kier molecular flexibility index (Phi) is 4.61. The first-order valence-corrected chi connectivity index (χ1v) is 8.74. The molecule has 1 unspecified atom stereocenters. The number of carbonyl (C=O) groups is 1. The van der Waals surface area contributed by atoms with Gasteiger partial charge < -0.3 is 10.2 Å². The van der Waals surface area contributed by atoms with Gasteiger partial charge in [-0.05, 0) is 36.8 Å². The Morgan fingerprint density at radius 1 is 1.43 bits per heavy atom. The van der Waals surface area contributed by atoms with Gasteiger partial charge in [0.2, 0.25) is 5.95 Å². The molecule has 0 saturated heterocycles. The van der Waals surface area contributed by atoms with Crippen LogP contribution in [0.3, 0.4) is 0 Å². The molecule has 1 atom stereocenters. The van der Waals surface area contributed by atoms with Gasteiger partial charge in [0.25, 0.3) is 5.91 Å². The van der Waals surface area contributed by atoms with Crippen molar-refractivity contribution in [3.8, 4) is 0 Å². The predicted molar refractivity (Wildman–Crippen MR) is 92.9 cm³/mol. The lowest BCUT2D eigenvalue weighted by Gasteiger charge is -2.16. The summed E-state index contributed by atoms with van der Waals surface area (Å²) in [5.74, 6) is 1.39. The molecule has 2 aromatic rings. The maximum atomic E-state index is 12.7. The van der Waals surface area contributed by atoms with Crippen LogP contribution in [-0.2, 0) is 19.4 Å². The van der Waals surface area contributed by atoms with Crippen molar-refractivity contribution in [2.75, 3.05) is 19.4 Å². The lowest BCUT2D eigenvalue weighted by Crippen LogP contribution is -2.25. The Morgan fingerprint density at radius 2 is 2.17 bits per heavy atom. The van der Waals surface area contributed by atoms with E-state index in [1.54, 1.807) is 35.7 Å². The van der Waals surface area contributed by atoms with E-state index in [1.165, 1.54) is 16.9 Å². The highest BCUT2D eigenvalue weighted by Crippen LogP contribution is 2.32. The molecule has 0 radical (unpaired) electrons. The molecule has 2 heterocycles. The van der Waals surface area contributed by atoms with Gasteiger partial charge in [-0.3, -0.25) is 4.79 Å². The van der Waals surface area contributed by atoms with Crippen LogP contribution in [0.4, 0.5) is 5.95 Å². The summed E-state index contributed by atoms with van der Waals surface area (Å²) in [7, 11) is 3.61. The topological polar surface area (TPSA) is 58.1 Å². The van der Waals surface area contributed by atoms with E-state index >= 15 is 0 Å². The number of anilines is 1. The second-order valence-corrected chi connectivity index (χ2v) is 7.37. The fourth-order valence-corrected chi connectivity index (χ4v) is 4.11. The molecule has 0 aliphatic heterocycles. The summed E-state index contributed by atoms with van der Waals surface area (Å²) in [6, 6.07) is 2.09. The molecule has 3 rings (SSSR count). The molecule has 1 aliphatic rings. The van der Waals surface area contributed by atoms with Crippen molar-refractivity contribution in [3.05, 3.63) is 39.3 Å². The molecule has 5 nitrogen and oxygen atoms in total. The van der Waals surface area contributed by atoms with Gasteiger partial charge in [-0.1, -0.05) is 6.92 Å². The van der Waals surface area contributed by atoms with E-state index in [0.29, 0.717) is 12.5 Å². The lowest BCUT2D eigenvalue weighted by atomic mass is 9.90. The molecular weight excluding hydrogens is 308 g/mol. The van der Waals surface area contributed by atoms with Gasteiger partial charge in [0.1, 0.15) is 0 Å². The molecule has 1 N–H and O–H groups in total. The molecular formula is C17H22N4OS. The van der Waals surface area contributed by atoms with Crippen molar-refractivity contribution in [3.63, 3.8) is 0 Å². The molecule has 0 bridgehead atoms. The SMILES string of the molecule is CNc1ncc(CN(C)C(=O)c2cc3c(s2)CCC(C)C3)cn1. The van der Waals surface area contributed by atoms with Crippen LogP contribution in [0.5, 0.6) is 0 Å². The number of hydrogen-bond acceptors (Lipinski definition) is 5. The lowest BCUT2D eigenvalue weighted by molar-refractivity contribution is 0.0789. The first-order chi connectivity index (χ1) is 11.1. The van der Waals surface area contributed by atoms with Crippen molar-refractivity contribution < 1.29 is 4.79 Å². The number of aryl methyl sites for hydroxylation is 1. The summed E-state index contributed by atoms with van der Waals surface area (Å²) >= 11 is 1.66. The van der Waals surface area contributed by atoms with Crippen molar-refractivity contribution >= 4 is 23.2 Å². The number of carbonyl (C=O) groups excluding carboxylic acids is 1. The largest absolute Gasteiger partial charge is 0.357 e. The summed E-state index contributed by atoms with van der Waals surface area (Å²) in [5.41, 5.74) is 2.29. The van der Waals surface area contributed by atoms with Crippen LogP contribution in [0.25, 0.3) is 0 Å². The maximum absolute atomic E-state index is 12.7. The summed E-state index contributed by atoms with van der Waals surface area (Å²) in [6.07, 6.45) is 6.94. The Balaban J connectivity index is 1.69.